The number of hydrogen-bond acceptors (Lipinski definition) is 6. The zero-order chi connectivity index (χ0) is 21.5. The minimum absolute atomic E-state index is 0.365. The van der Waals surface area contributed by atoms with E-state index in [1.54, 1.807) is 24.8 Å². The number of benzene rings is 1. The Morgan fingerprint density at radius 2 is 1.84 bits per heavy atom. The Bertz CT molecular complexity index is 1120. The zero-order valence-electron chi connectivity index (χ0n) is 17.5. The Morgan fingerprint density at radius 1 is 0.903 bits per heavy atom. The number of nitrogens with zero attached hydrogens (tertiary/aromatic N) is 5. The first-order valence-corrected chi connectivity index (χ1v) is 10.5. The Morgan fingerprint density at radius 3 is 2.61 bits per heavy atom. The number of pyridine rings is 2. The van der Waals surface area contributed by atoms with Gasteiger partial charge < -0.3 is 10.0 Å². The van der Waals surface area contributed by atoms with Gasteiger partial charge in [-0.05, 0) is 60.4 Å². The van der Waals surface area contributed by atoms with Gasteiger partial charge in [-0.3, -0.25) is 4.98 Å². The average Bonchev–Trinajstić information content (AvgIpc) is 2.83. The molecule has 0 unspecified atom stereocenters. The van der Waals surface area contributed by atoms with Crippen molar-refractivity contribution < 1.29 is 5.11 Å². The number of phenolic OH excluding ortho intramolecular Hbond substituents is 1. The number of rotatable bonds is 8. The summed E-state index contributed by atoms with van der Waals surface area (Å²) in [4.78, 5) is 19.7. The molecule has 0 saturated carbocycles. The van der Waals surface area contributed by atoms with E-state index in [0.717, 1.165) is 47.7 Å². The van der Waals surface area contributed by atoms with Gasteiger partial charge in [0, 0.05) is 30.7 Å². The van der Waals surface area contributed by atoms with Gasteiger partial charge in [0.05, 0.1) is 5.69 Å². The number of phenols is 1. The average molecular weight is 412 g/mol. The van der Waals surface area contributed by atoms with Crippen LogP contribution in [0.3, 0.4) is 0 Å². The highest BCUT2D eigenvalue weighted by Gasteiger charge is 2.14. The van der Waals surface area contributed by atoms with Crippen molar-refractivity contribution in [2.24, 2.45) is 0 Å². The topological polar surface area (TPSA) is 75.0 Å². The fraction of sp³-hybridized carbons (Fsp3) is 0.200. The van der Waals surface area contributed by atoms with Crippen LogP contribution < -0.4 is 4.90 Å². The second kappa shape index (κ2) is 9.80. The number of anilines is 2. The predicted octanol–water partition coefficient (Wildman–Crippen LogP) is 4.97. The molecular weight excluding hydrogens is 386 g/mol. The Labute approximate surface area is 182 Å². The molecule has 156 valence electrons. The minimum atomic E-state index is 0.365. The number of hydrogen-bond donors (Lipinski definition) is 1. The van der Waals surface area contributed by atoms with E-state index in [9.17, 15) is 5.11 Å². The van der Waals surface area contributed by atoms with Crippen molar-refractivity contribution in [2.45, 2.75) is 26.2 Å². The molecule has 3 heterocycles. The maximum Gasteiger partial charge on any atom is 0.137 e. The van der Waals surface area contributed by atoms with Crippen LogP contribution in [-0.4, -0.2) is 31.6 Å². The third kappa shape index (κ3) is 5.04. The predicted molar refractivity (Wildman–Crippen MR) is 122 cm³/mol. The molecule has 0 fully saturated rings. The first-order valence-electron chi connectivity index (χ1n) is 10.5. The van der Waals surface area contributed by atoms with Gasteiger partial charge in [0.1, 0.15) is 23.7 Å². The summed E-state index contributed by atoms with van der Waals surface area (Å²) in [6, 6.07) is 17.6. The lowest BCUT2D eigenvalue weighted by atomic mass is 10.0. The van der Waals surface area contributed by atoms with E-state index in [-0.39, 0.29) is 0 Å². The van der Waals surface area contributed by atoms with Crippen LogP contribution in [0.4, 0.5) is 11.6 Å². The summed E-state index contributed by atoms with van der Waals surface area (Å²) in [5.41, 5.74) is 3.99. The highest BCUT2D eigenvalue weighted by molar-refractivity contribution is 5.63. The van der Waals surface area contributed by atoms with Crippen LogP contribution in [-0.2, 0) is 12.8 Å². The lowest BCUT2D eigenvalue weighted by Crippen LogP contribution is -2.22. The fourth-order valence-electron chi connectivity index (χ4n) is 3.54. The molecular formula is C25H25N5O. The van der Waals surface area contributed by atoms with Crippen molar-refractivity contribution in [3.63, 3.8) is 0 Å². The van der Waals surface area contributed by atoms with E-state index in [0.29, 0.717) is 12.3 Å². The van der Waals surface area contributed by atoms with Crippen molar-refractivity contribution in [1.29, 1.82) is 0 Å². The molecule has 4 rings (SSSR count). The molecule has 0 aliphatic heterocycles. The molecule has 0 bridgehead atoms. The summed E-state index contributed by atoms with van der Waals surface area (Å²) < 4.78 is 0. The van der Waals surface area contributed by atoms with Crippen molar-refractivity contribution in [1.82, 2.24) is 19.9 Å². The van der Waals surface area contributed by atoms with Gasteiger partial charge in [0.15, 0.2) is 0 Å². The normalized spacial score (nSPS) is 10.7. The van der Waals surface area contributed by atoms with Crippen molar-refractivity contribution in [3.8, 4) is 17.0 Å². The summed E-state index contributed by atoms with van der Waals surface area (Å²) in [5, 5.41) is 10.1. The monoisotopic (exact) mass is 411 g/mol. The largest absolute Gasteiger partial charge is 0.508 e. The third-order valence-corrected chi connectivity index (χ3v) is 5.10. The highest BCUT2D eigenvalue weighted by atomic mass is 16.3. The van der Waals surface area contributed by atoms with Crippen LogP contribution in [0.15, 0.2) is 79.5 Å². The van der Waals surface area contributed by atoms with Crippen molar-refractivity contribution in [2.75, 3.05) is 11.4 Å². The van der Waals surface area contributed by atoms with E-state index < -0.39 is 0 Å². The van der Waals surface area contributed by atoms with Crippen LogP contribution >= 0.6 is 0 Å². The molecule has 4 aromatic rings. The second-order valence-electron chi connectivity index (χ2n) is 7.31. The summed E-state index contributed by atoms with van der Waals surface area (Å²) in [6.45, 7) is 2.81. The first-order chi connectivity index (χ1) is 15.2. The highest BCUT2D eigenvalue weighted by Crippen LogP contribution is 2.26. The van der Waals surface area contributed by atoms with E-state index in [4.69, 9.17) is 4.98 Å². The molecule has 6 nitrogen and oxygen atoms in total. The lowest BCUT2D eigenvalue weighted by molar-refractivity contribution is 0.467. The summed E-state index contributed by atoms with van der Waals surface area (Å²) in [6.07, 6.45) is 9.50. The molecule has 3 aromatic heterocycles. The van der Waals surface area contributed by atoms with Gasteiger partial charge >= 0.3 is 0 Å². The Kier molecular flexibility index (Phi) is 6.47. The maximum atomic E-state index is 10.1. The molecule has 0 amide bonds. The molecule has 1 N–H and O–H groups in total. The number of aryl methyl sites for hydroxylation is 1. The van der Waals surface area contributed by atoms with Crippen LogP contribution in [0, 0.1) is 0 Å². The molecule has 1 aromatic carbocycles. The maximum absolute atomic E-state index is 10.1. The molecule has 0 spiro atoms. The smallest absolute Gasteiger partial charge is 0.137 e. The quantitative estimate of drug-likeness (QED) is 0.441. The Balaban J connectivity index is 1.63. The van der Waals surface area contributed by atoms with Crippen LogP contribution in [0.25, 0.3) is 11.3 Å². The first kappa shape index (κ1) is 20.5. The van der Waals surface area contributed by atoms with Crippen molar-refractivity contribution >= 4 is 11.6 Å². The molecule has 0 aliphatic carbocycles. The van der Waals surface area contributed by atoms with Crippen LogP contribution in [0.2, 0.25) is 0 Å². The van der Waals surface area contributed by atoms with Gasteiger partial charge in [-0.25, -0.2) is 15.0 Å². The van der Waals surface area contributed by atoms with Crippen LogP contribution in [0.5, 0.6) is 5.75 Å². The van der Waals surface area contributed by atoms with E-state index in [2.05, 4.69) is 32.8 Å². The molecule has 31 heavy (non-hydrogen) atoms. The molecule has 0 radical (unpaired) electrons. The van der Waals surface area contributed by atoms with E-state index >= 15 is 0 Å². The molecule has 6 heteroatoms. The SMILES string of the molecule is CCCc1cc(CCN(c2ccncn2)c2cccc(-c3cccnc3)n2)ccc1O. The molecule has 0 aliphatic rings. The van der Waals surface area contributed by atoms with Gasteiger partial charge in [0.25, 0.3) is 0 Å². The summed E-state index contributed by atoms with van der Waals surface area (Å²) in [5.74, 6) is 1.97. The third-order valence-electron chi connectivity index (χ3n) is 5.10. The van der Waals surface area contributed by atoms with Gasteiger partial charge in [-0.2, -0.15) is 0 Å². The van der Waals surface area contributed by atoms with E-state index in [1.165, 1.54) is 5.56 Å². The van der Waals surface area contributed by atoms with E-state index in [1.807, 2.05) is 48.7 Å². The standard InChI is InChI=1S/C25H25N5O/c1-2-5-20-16-19(9-10-23(20)31)12-15-30(24-11-14-27-18-28-24)25-8-3-7-22(29-25)21-6-4-13-26-17-21/h3-4,6-11,13-14,16-18,31H,2,5,12,15H2,1H3. The van der Waals surface area contributed by atoms with Gasteiger partial charge in [-0.1, -0.05) is 31.5 Å². The lowest BCUT2D eigenvalue weighted by Gasteiger charge is -2.23. The number of aromatic nitrogens is 4. The zero-order valence-corrected chi connectivity index (χ0v) is 17.5. The molecule has 0 saturated heterocycles. The second-order valence-corrected chi connectivity index (χ2v) is 7.31. The summed E-state index contributed by atoms with van der Waals surface area (Å²) >= 11 is 0. The number of aromatic hydroxyl groups is 1. The van der Waals surface area contributed by atoms with Gasteiger partial charge in [0.2, 0.25) is 0 Å². The fourth-order valence-corrected chi connectivity index (χ4v) is 3.54. The summed E-state index contributed by atoms with van der Waals surface area (Å²) in [7, 11) is 0. The van der Waals surface area contributed by atoms with Crippen molar-refractivity contribution in [3.05, 3.63) is 90.6 Å². The van der Waals surface area contributed by atoms with Crippen LogP contribution in [0.1, 0.15) is 24.5 Å². The minimum Gasteiger partial charge on any atom is -0.508 e. The van der Waals surface area contributed by atoms with Gasteiger partial charge in [-0.15, -0.1) is 0 Å². The molecule has 0 atom stereocenters. The Hall–Kier alpha value is -3.80.